The molecule has 5 rings (SSSR count). The predicted molar refractivity (Wildman–Crippen MR) is 96.8 cm³/mol. The maximum atomic E-state index is 11.8. The standard InChI is InChI=1S/C21H19N3O/c1-13(25)18-12-22-24-10-9-15(11-21(18)24)16-5-8-20-17(16)6-7-19(23-20)14-3-2-4-14/h5-7,9-12,14H,2-4,8H2,1H3. The zero-order chi connectivity index (χ0) is 17.0. The molecule has 0 unspecified atom stereocenters. The number of carbonyl (C=O) groups excluding carboxylic acids is 1. The first-order valence-corrected chi connectivity index (χ1v) is 8.90. The van der Waals surface area contributed by atoms with Gasteiger partial charge in [0.15, 0.2) is 5.78 Å². The fraction of sp³-hybridized carbons (Fsp3) is 0.286. The van der Waals surface area contributed by atoms with Crippen molar-refractivity contribution < 1.29 is 4.79 Å². The normalized spacial score (nSPS) is 16.6. The van der Waals surface area contributed by atoms with Gasteiger partial charge in [0.1, 0.15) is 0 Å². The number of hydrogen-bond donors (Lipinski definition) is 0. The Morgan fingerprint density at radius 2 is 2.12 bits per heavy atom. The molecule has 25 heavy (non-hydrogen) atoms. The third-order valence-electron chi connectivity index (χ3n) is 5.52. The fourth-order valence-electron chi connectivity index (χ4n) is 3.85. The molecule has 4 nitrogen and oxygen atoms in total. The van der Waals surface area contributed by atoms with Crippen LogP contribution in [0.5, 0.6) is 0 Å². The van der Waals surface area contributed by atoms with Crippen molar-refractivity contribution in [3.05, 3.63) is 70.8 Å². The van der Waals surface area contributed by atoms with Crippen molar-refractivity contribution in [3.8, 4) is 0 Å². The van der Waals surface area contributed by atoms with E-state index >= 15 is 0 Å². The summed E-state index contributed by atoms with van der Waals surface area (Å²) >= 11 is 0. The number of carbonyl (C=O) groups is 1. The van der Waals surface area contributed by atoms with Crippen molar-refractivity contribution in [2.75, 3.05) is 0 Å². The highest BCUT2D eigenvalue weighted by atomic mass is 16.1. The van der Waals surface area contributed by atoms with Crippen molar-refractivity contribution in [1.29, 1.82) is 0 Å². The molecule has 0 atom stereocenters. The summed E-state index contributed by atoms with van der Waals surface area (Å²) in [6, 6.07) is 8.54. The molecule has 0 bridgehead atoms. The van der Waals surface area contributed by atoms with Gasteiger partial charge in [-0.25, -0.2) is 4.52 Å². The highest BCUT2D eigenvalue weighted by molar-refractivity contribution is 6.01. The van der Waals surface area contributed by atoms with E-state index in [0.717, 1.165) is 17.5 Å². The fourth-order valence-corrected chi connectivity index (χ4v) is 3.85. The van der Waals surface area contributed by atoms with Crippen LogP contribution in [0.25, 0.3) is 11.1 Å². The summed E-state index contributed by atoms with van der Waals surface area (Å²) in [7, 11) is 0. The third-order valence-corrected chi connectivity index (χ3v) is 5.52. The molecule has 3 heterocycles. The van der Waals surface area contributed by atoms with Gasteiger partial charge in [-0.3, -0.25) is 9.78 Å². The van der Waals surface area contributed by atoms with E-state index in [1.165, 1.54) is 41.8 Å². The summed E-state index contributed by atoms with van der Waals surface area (Å²) in [4.78, 5) is 16.7. The summed E-state index contributed by atoms with van der Waals surface area (Å²) in [6.07, 6.45) is 10.6. The Kier molecular flexibility index (Phi) is 3.14. The van der Waals surface area contributed by atoms with Gasteiger partial charge in [0.05, 0.1) is 23.0 Å². The molecule has 1 saturated carbocycles. The highest BCUT2D eigenvalue weighted by Gasteiger charge is 2.24. The minimum atomic E-state index is 0.0414. The van der Waals surface area contributed by atoms with Crippen molar-refractivity contribution in [1.82, 2.24) is 14.6 Å². The summed E-state index contributed by atoms with van der Waals surface area (Å²) < 4.78 is 1.76. The predicted octanol–water partition coefficient (Wildman–Crippen LogP) is 4.19. The first-order valence-electron chi connectivity index (χ1n) is 8.90. The zero-order valence-corrected chi connectivity index (χ0v) is 14.2. The Hall–Kier alpha value is -2.75. The van der Waals surface area contributed by atoms with Crippen LogP contribution in [-0.2, 0) is 6.42 Å². The van der Waals surface area contributed by atoms with Crippen molar-refractivity contribution in [2.24, 2.45) is 0 Å². The molecule has 1 fully saturated rings. The van der Waals surface area contributed by atoms with E-state index in [-0.39, 0.29) is 5.78 Å². The second-order valence-corrected chi connectivity index (χ2v) is 7.04. The van der Waals surface area contributed by atoms with Gasteiger partial charge in [0.25, 0.3) is 0 Å². The van der Waals surface area contributed by atoms with Crippen molar-refractivity contribution in [3.63, 3.8) is 0 Å². The minimum Gasteiger partial charge on any atom is -0.294 e. The Labute approximate surface area is 146 Å². The molecule has 0 spiro atoms. The molecule has 3 aromatic heterocycles. The van der Waals surface area contributed by atoms with Gasteiger partial charge >= 0.3 is 0 Å². The summed E-state index contributed by atoms with van der Waals surface area (Å²) in [5, 5.41) is 4.26. The van der Waals surface area contributed by atoms with E-state index in [0.29, 0.717) is 11.5 Å². The second-order valence-electron chi connectivity index (χ2n) is 7.04. The van der Waals surface area contributed by atoms with E-state index < -0.39 is 0 Å². The number of Topliss-reactive ketones (excluding diaryl/α,β-unsaturated/α-hetero) is 1. The average molecular weight is 329 g/mol. The topological polar surface area (TPSA) is 47.3 Å². The maximum absolute atomic E-state index is 11.8. The van der Waals surface area contributed by atoms with Crippen molar-refractivity contribution in [2.45, 2.75) is 38.5 Å². The van der Waals surface area contributed by atoms with Crippen LogP contribution < -0.4 is 0 Å². The lowest BCUT2D eigenvalue weighted by atomic mass is 9.82. The lowest BCUT2D eigenvalue weighted by Gasteiger charge is -2.25. The largest absolute Gasteiger partial charge is 0.294 e. The quantitative estimate of drug-likeness (QED) is 0.677. The third kappa shape index (κ3) is 2.24. The minimum absolute atomic E-state index is 0.0414. The number of allylic oxidation sites excluding steroid dienone is 1. The van der Waals surface area contributed by atoms with Gasteiger partial charge in [-0.2, -0.15) is 5.10 Å². The molecule has 2 aliphatic rings. The summed E-state index contributed by atoms with van der Waals surface area (Å²) in [6.45, 7) is 1.58. The molecule has 2 aliphatic carbocycles. The summed E-state index contributed by atoms with van der Waals surface area (Å²) in [5.74, 6) is 0.704. The van der Waals surface area contributed by atoms with Crippen LogP contribution in [0, 0.1) is 0 Å². The van der Waals surface area contributed by atoms with Crippen LogP contribution in [0.3, 0.4) is 0 Å². The molecule has 0 saturated heterocycles. The van der Waals surface area contributed by atoms with Crippen LogP contribution >= 0.6 is 0 Å². The van der Waals surface area contributed by atoms with Crippen LogP contribution in [0.2, 0.25) is 0 Å². The molecule has 0 radical (unpaired) electrons. The van der Waals surface area contributed by atoms with Crippen LogP contribution in [-0.4, -0.2) is 20.4 Å². The van der Waals surface area contributed by atoms with Crippen molar-refractivity contribution >= 4 is 16.9 Å². The van der Waals surface area contributed by atoms with E-state index in [4.69, 9.17) is 4.98 Å². The SMILES string of the molecule is CC(=O)c1cnn2ccc(C3=CCc4nc(C5CCC5)ccc43)cc12. The monoisotopic (exact) mass is 329 g/mol. The number of nitrogens with zero attached hydrogens (tertiary/aromatic N) is 3. The van der Waals surface area contributed by atoms with E-state index in [9.17, 15) is 4.79 Å². The van der Waals surface area contributed by atoms with Crippen LogP contribution in [0.4, 0.5) is 0 Å². The zero-order valence-electron chi connectivity index (χ0n) is 14.2. The molecular formula is C21H19N3O. The summed E-state index contributed by atoms with van der Waals surface area (Å²) in [5.41, 5.74) is 7.51. The molecule has 0 amide bonds. The number of hydrogen-bond acceptors (Lipinski definition) is 3. The average Bonchev–Trinajstić information content (AvgIpc) is 3.16. The lowest BCUT2D eigenvalue weighted by Crippen LogP contribution is -2.11. The van der Waals surface area contributed by atoms with Crippen LogP contribution in [0.1, 0.15) is 65.0 Å². The Morgan fingerprint density at radius 3 is 2.88 bits per heavy atom. The Morgan fingerprint density at radius 1 is 1.24 bits per heavy atom. The lowest BCUT2D eigenvalue weighted by molar-refractivity contribution is 0.101. The smallest absolute Gasteiger partial charge is 0.163 e. The van der Waals surface area contributed by atoms with E-state index in [1.54, 1.807) is 17.6 Å². The maximum Gasteiger partial charge on any atom is 0.163 e. The number of pyridine rings is 2. The second kappa shape index (κ2) is 5.38. The Bertz CT molecular complexity index is 1040. The van der Waals surface area contributed by atoms with E-state index in [1.807, 2.05) is 6.20 Å². The van der Waals surface area contributed by atoms with Gasteiger partial charge in [0, 0.05) is 29.8 Å². The van der Waals surface area contributed by atoms with Gasteiger partial charge in [-0.1, -0.05) is 18.6 Å². The van der Waals surface area contributed by atoms with Gasteiger partial charge in [-0.05, 0) is 49.1 Å². The molecule has 0 aromatic carbocycles. The highest BCUT2D eigenvalue weighted by Crippen LogP contribution is 2.38. The molecular weight excluding hydrogens is 310 g/mol. The first-order chi connectivity index (χ1) is 12.2. The molecule has 3 aromatic rings. The van der Waals surface area contributed by atoms with Crippen LogP contribution in [0.15, 0.2) is 42.7 Å². The first kappa shape index (κ1) is 14.6. The van der Waals surface area contributed by atoms with E-state index in [2.05, 4.69) is 35.4 Å². The molecule has 4 heteroatoms. The molecule has 0 N–H and O–H groups in total. The van der Waals surface area contributed by atoms with Gasteiger partial charge < -0.3 is 0 Å². The number of fused-ring (bicyclic) bond motifs is 2. The Balaban J connectivity index is 1.56. The molecule has 124 valence electrons. The van der Waals surface area contributed by atoms with Gasteiger partial charge in [0.2, 0.25) is 0 Å². The number of rotatable bonds is 3. The number of aromatic nitrogens is 3. The molecule has 0 aliphatic heterocycles. The van der Waals surface area contributed by atoms with Gasteiger partial charge in [-0.15, -0.1) is 0 Å². The number of ketones is 1.